The van der Waals surface area contributed by atoms with Crippen LogP contribution in [0.3, 0.4) is 0 Å². The van der Waals surface area contributed by atoms with Crippen LogP contribution in [-0.2, 0) is 0 Å². The van der Waals surface area contributed by atoms with Crippen LogP contribution in [-0.4, -0.2) is 27.8 Å². The van der Waals surface area contributed by atoms with Crippen molar-refractivity contribution in [2.45, 2.75) is 25.8 Å². The molecule has 7 nitrogen and oxygen atoms in total. The van der Waals surface area contributed by atoms with Crippen molar-refractivity contribution in [2.24, 2.45) is 0 Å². The first-order chi connectivity index (χ1) is 9.95. The molecular formula is C13H16FN5O2. The number of hydrogen-bond donors (Lipinski definition) is 1. The van der Waals surface area contributed by atoms with E-state index in [0.29, 0.717) is 11.2 Å². The van der Waals surface area contributed by atoms with Gasteiger partial charge in [0.15, 0.2) is 17.3 Å². The fourth-order valence-electron chi connectivity index (χ4n) is 2.31. The summed E-state index contributed by atoms with van der Waals surface area (Å²) >= 11 is 0. The Morgan fingerprint density at radius 2 is 2.14 bits per heavy atom. The van der Waals surface area contributed by atoms with Crippen LogP contribution in [0, 0.1) is 5.82 Å². The van der Waals surface area contributed by atoms with Gasteiger partial charge in [-0.05, 0) is 25.8 Å². The molecule has 21 heavy (non-hydrogen) atoms. The Balaban J connectivity index is 2.43. The minimum Gasteiger partial charge on any atom is -0.357 e. The van der Waals surface area contributed by atoms with E-state index >= 15 is 0 Å². The summed E-state index contributed by atoms with van der Waals surface area (Å²) in [5, 5.41) is 0.0229. The maximum absolute atomic E-state index is 14.1. The number of hydrogen-bond acceptors (Lipinski definition) is 5. The van der Waals surface area contributed by atoms with Gasteiger partial charge in [0.25, 0.3) is 5.56 Å². The summed E-state index contributed by atoms with van der Waals surface area (Å²) in [6, 6.07) is 1.08. The first-order valence-electron chi connectivity index (χ1n) is 6.79. The summed E-state index contributed by atoms with van der Waals surface area (Å²) in [5.74, 6) is 5.01. The Morgan fingerprint density at radius 3 is 2.71 bits per heavy atom. The molecule has 0 aliphatic heterocycles. The maximum Gasteiger partial charge on any atom is 0.351 e. The van der Waals surface area contributed by atoms with Gasteiger partial charge in [-0.2, -0.15) is 4.68 Å². The summed E-state index contributed by atoms with van der Waals surface area (Å²) in [6.45, 7) is 2.41. The SMILES string of the molecule is CCN(C)c1nc2c(cc1F)c(=O)n(N)c(=O)n2C1CC1. The minimum absolute atomic E-state index is 0.0202. The van der Waals surface area contributed by atoms with Crippen molar-refractivity contribution in [2.75, 3.05) is 24.3 Å². The zero-order valence-electron chi connectivity index (χ0n) is 11.8. The van der Waals surface area contributed by atoms with Crippen molar-refractivity contribution in [3.05, 3.63) is 32.7 Å². The molecule has 0 aromatic carbocycles. The lowest BCUT2D eigenvalue weighted by Crippen LogP contribution is -2.44. The molecule has 0 atom stereocenters. The van der Waals surface area contributed by atoms with E-state index in [2.05, 4.69) is 4.98 Å². The summed E-state index contributed by atoms with van der Waals surface area (Å²) in [6.07, 6.45) is 1.65. The zero-order chi connectivity index (χ0) is 15.3. The summed E-state index contributed by atoms with van der Waals surface area (Å²) in [7, 11) is 1.70. The van der Waals surface area contributed by atoms with Crippen LogP contribution in [0.1, 0.15) is 25.8 Å². The van der Waals surface area contributed by atoms with E-state index in [1.165, 1.54) is 4.57 Å². The van der Waals surface area contributed by atoms with Gasteiger partial charge < -0.3 is 10.7 Å². The standard InChI is InChI=1S/C13H16FN5O2/c1-3-17(2)11-9(14)6-8-10(16-11)18(7-4-5-7)13(21)19(15)12(8)20/h6-7H,3-5,15H2,1-2H3. The number of aromatic nitrogens is 3. The van der Waals surface area contributed by atoms with Crippen molar-refractivity contribution < 1.29 is 4.39 Å². The van der Waals surface area contributed by atoms with E-state index in [4.69, 9.17) is 5.84 Å². The molecule has 1 aliphatic carbocycles. The number of halogens is 1. The summed E-state index contributed by atoms with van der Waals surface area (Å²) in [4.78, 5) is 30.1. The highest BCUT2D eigenvalue weighted by atomic mass is 19.1. The Bertz CT molecular complexity index is 837. The van der Waals surface area contributed by atoms with Crippen LogP contribution in [0.25, 0.3) is 11.0 Å². The molecule has 0 spiro atoms. The summed E-state index contributed by atoms with van der Waals surface area (Å²) in [5.41, 5.74) is -1.14. The molecule has 2 aromatic heterocycles. The van der Waals surface area contributed by atoms with E-state index in [1.807, 2.05) is 6.92 Å². The lowest BCUT2D eigenvalue weighted by molar-refractivity contribution is 0.611. The zero-order valence-corrected chi connectivity index (χ0v) is 11.8. The third-order valence-corrected chi connectivity index (χ3v) is 3.77. The topological polar surface area (TPSA) is 86.2 Å². The van der Waals surface area contributed by atoms with E-state index < -0.39 is 17.1 Å². The highest BCUT2D eigenvalue weighted by Gasteiger charge is 2.29. The van der Waals surface area contributed by atoms with Crippen LogP contribution >= 0.6 is 0 Å². The van der Waals surface area contributed by atoms with Crippen molar-refractivity contribution >= 4 is 16.9 Å². The molecule has 1 saturated carbocycles. The highest BCUT2D eigenvalue weighted by molar-refractivity contribution is 5.76. The van der Waals surface area contributed by atoms with Gasteiger partial charge in [-0.1, -0.05) is 0 Å². The van der Waals surface area contributed by atoms with Crippen molar-refractivity contribution in [1.82, 2.24) is 14.2 Å². The van der Waals surface area contributed by atoms with Gasteiger partial charge >= 0.3 is 5.69 Å². The Morgan fingerprint density at radius 1 is 1.48 bits per heavy atom. The van der Waals surface area contributed by atoms with Gasteiger partial charge in [0.2, 0.25) is 0 Å². The Kier molecular flexibility index (Phi) is 2.96. The lowest BCUT2D eigenvalue weighted by Gasteiger charge is -2.18. The van der Waals surface area contributed by atoms with E-state index in [9.17, 15) is 14.0 Å². The quantitative estimate of drug-likeness (QED) is 0.817. The smallest absolute Gasteiger partial charge is 0.351 e. The predicted octanol–water partition coefficient (Wildman–Crippen LogP) is 0.202. The Hall–Kier alpha value is -2.38. The molecule has 112 valence electrons. The number of fused-ring (bicyclic) bond motifs is 1. The monoisotopic (exact) mass is 293 g/mol. The molecule has 0 radical (unpaired) electrons. The second-order valence-corrected chi connectivity index (χ2v) is 5.24. The van der Waals surface area contributed by atoms with Crippen LogP contribution < -0.4 is 22.0 Å². The van der Waals surface area contributed by atoms with E-state index in [0.717, 1.165) is 18.9 Å². The molecule has 2 N–H and O–H groups in total. The molecule has 1 fully saturated rings. The first kappa shape index (κ1) is 13.6. The van der Waals surface area contributed by atoms with Crippen molar-refractivity contribution in [3.8, 4) is 0 Å². The van der Waals surface area contributed by atoms with Gasteiger partial charge in [-0.15, -0.1) is 0 Å². The normalized spacial score (nSPS) is 14.6. The molecular weight excluding hydrogens is 277 g/mol. The predicted molar refractivity (Wildman–Crippen MR) is 77.6 cm³/mol. The van der Waals surface area contributed by atoms with E-state index in [1.54, 1.807) is 11.9 Å². The molecule has 2 aromatic rings. The number of pyridine rings is 1. The fourth-order valence-corrected chi connectivity index (χ4v) is 2.31. The molecule has 3 rings (SSSR count). The number of anilines is 1. The van der Waals surface area contributed by atoms with E-state index in [-0.39, 0.29) is 22.9 Å². The molecule has 0 bridgehead atoms. The average Bonchev–Trinajstić information content (AvgIpc) is 3.29. The second-order valence-electron chi connectivity index (χ2n) is 5.24. The van der Waals surface area contributed by atoms with Gasteiger partial charge in [0.05, 0.1) is 5.39 Å². The number of nitrogen functional groups attached to an aromatic ring is 1. The molecule has 1 aliphatic rings. The van der Waals surface area contributed by atoms with Crippen molar-refractivity contribution in [1.29, 1.82) is 0 Å². The average molecular weight is 293 g/mol. The van der Waals surface area contributed by atoms with Crippen LogP contribution in [0.5, 0.6) is 0 Å². The maximum atomic E-state index is 14.1. The van der Waals surface area contributed by atoms with Crippen LogP contribution in [0.2, 0.25) is 0 Å². The third kappa shape index (κ3) is 1.98. The second kappa shape index (κ2) is 4.57. The minimum atomic E-state index is -0.732. The lowest BCUT2D eigenvalue weighted by atomic mass is 10.3. The molecule has 2 heterocycles. The molecule has 8 heteroatoms. The number of nitrogens with two attached hydrogens (primary N) is 1. The van der Waals surface area contributed by atoms with Gasteiger partial charge in [0, 0.05) is 19.6 Å². The highest BCUT2D eigenvalue weighted by Crippen LogP contribution is 2.35. The Labute approximate surface area is 119 Å². The third-order valence-electron chi connectivity index (χ3n) is 3.77. The van der Waals surface area contributed by atoms with Gasteiger partial charge in [0.1, 0.15) is 0 Å². The molecule has 0 saturated heterocycles. The molecule has 0 amide bonds. The first-order valence-corrected chi connectivity index (χ1v) is 6.79. The fraction of sp³-hybridized carbons (Fsp3) is 0.462. The number of rotatable bonds is 3. The summed E-state index contributed by atoms with van der Waals surface area (Å²) < 4.78 is 16.0. The van der Waals surface area contributed by atoms with Crippen LogP contribution in [0.15, 0.2) is 15.7 Å². The largest absolute Gasteiger partial charge is 0.357 e. The van der Waals surface area contributed by atoms with Crippen molar-refractivity contribution in [3.63, 3.8) is 0 Å². The van der Waals surface area contributed by atoms with Gasteiger partial charge in [-0.3, -0.25) is 9.36 Å². The molecule has 0 unspecified atom stereocenters. The van der Waals surface area contributed by atoms with Gasteiger partial charge in [-0.25, -0.2) is 14.2 Å². The van der Waals surface area contributed by atoms with Crippen LogP contribution in [0.4, 0.5) is 10.2 Å². The number of nitrogens with zero attached hydrogens (tertiary/aromatic N) is 4.